The lowest BCUT2D eigenvalue weighted by molar-refractivity contribution is -0.385. The highest BCUT2D eigenvalue weighted by molar-refractivity contribution is 6.23. The molecule has 2 heterocycles. The molecule has 0 N–H and O–H groups in total. The predicted molar refractivity (Wildman–Crippen MR) is 89.4 cm³/mol. The number of likely N-dealkylation sites (tertiary alicyclic amines) is 1. The maximum Gasteiger partial charge on any atom is 0.309 e. The number of imide groups is 1. The Balaban J connectivity index is 1.68. The van der Waals surface area contributed by atoms with Gasteiger partial charge in [0.2, 0.25) is 0 Å². The summed E-state index contributed by atoms with van der Waals surface area (Å²) in [6.07, 6.45) is 1.17. The summed E-state index contributed by atoms with van der Waals surface area (Å²) in [4.78, 5) is 50.2. The van der Waals surface area contributed by atoms with Crippen molar-refractivity contribution < 1.29 is 24.0 Å². The first kappa shape index (κ1) is 18.0. The van der Waals surface area contributed by atoms with Gasteiger partial charge in [-0.1, -0.05) is 6.07 Å². The largest absolute Gasteiger partial charge is 0.466 e. The third-order valence-corrected chi connectivity index (χ3v) is 4.72. The number of benzene rings is 1. The molecule has 138 valence electrons. The molecule has 1 saturated heterocycles. The summed E-state index contributed by atoms with van der Waals surface area (Å²) in [7, 11) is 0. The molecule has 0 atom stereocenters. The number of amides is 2. The molecule has 0 radical (unpaired) electrons. The highest BCUT2D eigenvalue weighted by atomic mass is 16.6. The van der Waals surface area contributed by atoms with Crippen molar-refractivity contribution in [2.75, 3.05) is 26.4 Å². The van der Waals surface area contributed by atoms with E-state index in [-0.39, 0.29) is 35.4 Å². The van der Waals surface area contributed by atoms with E-state index in [4.69, 9.17) is 4.74 Å². The van der Waals surface area contributed by atoms with Crippen molar-refractivity contribution in [1.82, 2.24) is 9.80 Å². The molecule has 2 aliphatic heterocycles. The number of fused-ring (bicyclic) bond motifs is 1. The van der Waals surface area contributed by atoms with Gasteiger partial charge in [-0.25, -0.2) is 0 Å². The maximum absolute atomic E-state index is 12.6. The molecule has 26 heavy (non-hydrogen) atoms. The number of esters is 1. The topological polar surface area (TPSA) is 110 Å². The lowest BCUT2D eigenvalue weighted by atomic mass is 9.97. The van der Waals surface area contributed by atoms with Crippen LogP contribution < -0.4 is 0 Å². The first-order chi connectivity index (χ1) is 12.4. The first-order valence-electron chi connectivity index (χ1n) is 8.46. The standard InChI is InChI=1S/C17H19N3O6/c1-2-26-17(23)11-6-8-18(9-7-11)10-19-15(21)12-4-3-5-13(20(24)25)14(12)16(19)22/h3-5,11H,2,6-10H2,1H3. The Kier molecular flexibility index (Phi) is 4.99. The molecule has 0 bridgehead atoms. The Morgan fingerprint density at radius 1 is 1.27 bits per heavy atom. The van der Waals surface area contributed by atoms with E-state index in [9.17, 15) is 24.5 Å². The van der Waals surface area contributed by atoms with Gasteiger partial charge in [0.15, 0.2) is 0 Å². The summed E-state index contributed by atoms with van der Waals surface area (Å²) in [6, 6.07) is 4.05. The van der Waals surface area contributed by atoms with Gasteiger partial charge in [-0.05, 0) is 25.8 Å². The van der Waals surface area contributed by atoms with Crippen LogP contribution in [0, 0.1) is 16.0 Å². The minimum absolute atomic E-state index is 0.0546. The fourth-order valence-electron chi connectivity index (χ4n) is 3.37. The molecule has 0 unspecified atom stereocenters. The molecule has 1 fully saturated rings. The van der Waals surface area contributed by atoms with Crippen molar-refractivity contribution in [2.24, 2.45) is 5.92 Å². The molecule has 2 amide bonds. The van der Waals surface area contributed by atoms with E-state index >= 15 is 0 Å². The molecule has 9 heteroatoms. The van der Waals surface area contributed by atoms with E-state index in [1.54, 1.807) is 6.92 Å². The van der Waals surface area contributed by atoms with Crippen LogP contribution in [0.1, 0.15) is 40.5 Å². The highest BCUT2D eigenvalue weighted by Crippen LogP contribution is 2.31. The lowest BCUT2D eigenvalue weighted by Crippen LogP contribution is -2.45. The first-order valence-corrected chi connectivity index (χ1v) is 8.46. The van der Waals surface area contributed by atoms with Crippen molar-refractivity contribution in [3.63, 3.8) is 0 Å². The number of rotatable bonds is 5. The smallest absolute Gasteiger partial charge is 0.309 e. The molecule has 1 aromatic carbocycles. The van der Waals surface area contributed by atoms with Crippen molar-refractivity contribution in [3.8, 4) is 0 Å². The van der Waals surface area contributed by atoms with Crippen LogP contribution in [0.5, 0.6) is 0 Å². The second-order valence-corrected chi connectivity index (χ2v) is 6.28. The molecular formula is C17H19N3O6. The van der Waals surface area contributed by atoms with Gasteiger partial charge in [0.1, 0.15) is 5.56 Å². The van der Waals surface area contributed by atoms with Gasteiger partial charge in [-0.2, -0.15) is 0 Å². The summed E-state index contributed by atoms with van der Waals surface area (Å²) in [6.45, 7) is 3.23. The van der Waals surface area contributed by atoms with Gasteiger partial charge in [0, 0.05) is 19.2 Å². The second-order valence-electron chi connectivity index (χ2n) is 6.28. The number of piperidine rings is 1. The number of nitro benzene ring substituents is 1. The summed E-state index contributed by atoms with van der Waals surface area (Å²) < 4.78 is 5.02. The van der Waals surface area contributed by atoms with Crippen LogP contribution in [0.2, 0.25) is 0 Å². The zero-order valence-electron chi connectivity index (χ0n) is 14.3. The van der Waals surface area contributed by atoms with E-state index in [0.717, 1.165) is 4.90 Å². The van der Waals surface area contributed by atoms with Gasteiger partial charge >= 0.3 is 5.97 Å². The Morgan fingerprint density at radius 2 is 1.96 bits per heavy atom. The number of hydrogen-bond acceptors (Lipinski definition) is 7. The fraction of sp³-hybridized carbons (Fsp3) is 0.471. The average Bonchev–Trinajstić information content (AvgIpc) is 2.87. The van der Waals surface area contributed by atoms with Crippen LogP contribution in [0.15, 0.2) is 18.2 Å². The van der Waals surface area contributed by atoms with E-state index in [1.807, 2.05) is 4.90 Å². The molecule has 3 rings (SSSR count). The van der Waals surface area contributed by atoms with Crippen molar-refractivity contribution in [3.05, 3.63) is 39.4 Å². The number of carbonyl (C=O) groups is 3. The van der Waals surface area contributed by atoms with Gasteiger partial charge < -0.3 is 4.74 Å². The van der Waals surface area contributed by atoms with Crippen LogP contribution in [-0.2, 0) is 9.53 Å². The Morgan fingerprint density at radius 3 is 2.58 bits per heavy atom. The number of ether oxygens (including phenoxy) is 1. The number of hydrogen-bond donors (Lipinski definition) is 0. The van der Waals surface area contributed by atoms with E-state index in [1.165, 1.54) is 18.2 Å². The van der Waals surface area contributed by atoms with Gasteiger partial charge in [-0.15, -0.1) is 0 Å². The summed E-state index contributed by atoms with van der Waals surface area (Å²) in [5, 5.41) is 11.1. The molecule has 2 aliphatic rings. The second kappa shape index (κ2) is 7.20. The molecule has 9 nitrogen and oxygen atoms in total. The number of nitrogens with zero attached hydrogens (tertiary/aromatic N) is 3. The van der Waals surface area contributed by atoms with Gasteiger partial charge in [0.25, 0.3) is 17.5 Å². The minimum Gasteiger partial charge on any atom is -0.466 e. The van der Waals surface area contributed by atoms with Crippen LogP contribution >= 0.6 is 0 Å². The average molecular weight is 361 g/mol. The highest BCUT2D eigenvalue weighted by Gasteiger charge is 2.42. The van der Waals surface area contributed by atoms with E-state index < -0.39 is 16.7 Å². The maximum atomic E-state index is 12.6. The molecule has 1 aromatic rings. The molecule has 0 aromatic heterocycles. The number of nitro groups is 1. The van der Waals surface area contributed by atoms with Crippen LogP contribution in [-0.4, -0.2) is 58.9 Å². The van der Waals surface area contributed by atoms with E-state index in [0.29, 0.717) is 32.5 Å². The SMILES string of the molecule is CCOC(=O)C1CCN(CN2C(=O)c3cccc([N+](=O)[O-])c3C2=O)CC1. The molecule has 0 saturated carbocycles. The Bertz CT molecular complexity index is 770. The Labute approximate surface area is 149 Å². The monoisotopic (exact) mass is 361 g/mol. The fourth-order valence-corrected chi connectivity index (χ4v) is 3.37. The van der Waals surface area contributed by atoms with Crippen LogP contribution in [0.3, 0.4) is 0 Å². The normalized spacial score (nSPS) is 18.1. The van der Waals surface area contributed by atoms with E-state index in [2.05, 4.69) is 0 Å². The Hall–Kier alpha value is -2.81. The summed E-state index contributed by atoms with van der Waals surface area (Å²) >= 11 is 0. The molecule has 0 spiro atoms. The minimum atomic E-state index is -0.654. The third-order valence-electron chi connectivity index (χ3n) is 4.72. The van der Waals surface area contributed by atoms with Gasteiger partial charge in [-0.3, -0.25) is 34.3 Å². The van der Waals surface area contributed by atoms with Crippen molar-refractivity contribution in [1.29, 1.82) is 0 Å². The van der Waals surface area contributed by atoms with Gasteiger partial charge in [0.05, 0.1) is 29.7 Å². The number of carbonyl (C=O) groups excluding carboxylic acids is 3. The molecular weight excluding hydrogens is 342 g/mol. The van der Waals surface area contributed by atoms with Crippen molar-refractivity contribution >= 4 is 23.5 Å². The molecule has 0 aliphatic carbocycles. The van der Waals surface area contributed by atoms with Crippen LogP contribution in [0.25, 0.3) is 0 Å². The predicted octanol–water partition coefficient (Wildman–Crippen LogP) is 1.42. The quantitative estimate of drug-likeness (QED) is 0.337. The zero-order chi connectivity index (χ0) is 18.8. The zero-order valence-corrected chi connectivity index (χ0v) is 14.3. The summed E-state index contributed by atoms with van der Waals surface area (Å²) in [5.41, 5.74) is -0.445. The lowest BCUT2D eigenvalue weighted by Gasteiger charge is -2.32. The van der Waals surface area contributed by atoms with Crippen LogP contribution in [0.4, 0.5) is 5.69 Å². The summed E-state index contributed by atoms with van der Waals surface area (Å²) in [5.74, 6) is -1.57. The van der Waals surface area contributed by atoms with Crippen molar-refractivity contribution in [2.45, 2.75) is 19.8 Å². The third kappa shape index (κ3) is 3.17.